The van der Waals surface area contributed by atoms with E-state index in [0.29, 0.717) is 10.6 Å². The van der Waals surface area contributed by atoms with Crippen molar-refractivity contribution in [2.24, 2.45) is 0 Å². The fourth-order valence-corrected chi connectivity index (χ4v) is 2.37. The molecule has 16 heavy (non-hydrogen) atoms. The van der Waals surface area contributed by atoms with Gasteiger partial charge in [-0.05, 0) is 12.1 Å². The van der Waals surface area contributed by atoms with Gasteiger partial charge < -0.3 is 9.47 Å². The molecule has 88 valence electrons. The molecule has 0 aliphatic rings. The number of ether oxygens (including phenoxy) is 2. The third kappa shape index (κ3) is 3.34. The van der Waals surface area contributed by atoms with Gasteiger partial charge in [-0.15, -0.1) is 0 Å². The number of hydrogen-bond acceptors (Lipinski definition) is 4. The van der Waals surface area contributed by atoms with Crippen LogP contribution in [0.5, 0.6) is 5.75 Å². The van der Waals surface area contributed by atoms with Gasteiger partial charge in [-0.3, -0.25) is 9.00 Å². The van der Waals surface area contributed by atoms with Crippen LogP contribution < -0.4 is 4.74 Å². The Labute approximate surface area is 97.0 Å². The summed E-state index contributed by atoms with van der Waals surface area (Å²) >= 11 is 0. The van der Waals surface area contributed by atoms with Crippen LogP contribution in [0.25, 0.3) is 0 Å². The third-order valence-electron chi connectivity index (χ3n) is 2.03. The van der Waals surface area contributed by atoms with E-state index in [2.05, 4.69) is 4.74 Å². The van der Waals surface area contributed by atoms with Gasteiger partial charge in [0.05, 0.1) is 36.3 Å². The molecular weight excluding hydrogens is 228 g/mol. The van der Waals surface area contributed by atoms with Crippen molar-refractivity contribution in [3.8, 4) is 5.75 Å². The summed E-state index contributed by atoms with van der Waals surface area (Å²) in [5.41, 5.74) is 0. The molecule has 1 aromatic carbocycles. The monoisotopic (exact) mass is 242 g/mol. The smallest absolute Gasteiger partial charge is 0.306 e. The maximum atomic E-state index is 11.9. The molecule has 0 bridgehead atoms. The summed E-state index contributed by atoms with van der Waals surface area (Å²) < 4.78 is 21.4. The lowest BCUT2D eigenvalue weighted by atomic mass is 10.3. The Bertz CT molecular complexity index is 389. The molecule has 1 atom stereocenters. The number of carbonyl (C=O) groups excluding carboxylic acids is 1. The Kier molecular flexibility index (Phi) is 4.98. The number of methoxy groups -OCH3 is 2. The first-order valence-electron chi connectivity index (χ1n) is 4.77. The molecule has 0 N–H and O–H groups in total. The summed E-state index contributed by atoms with van der Waals surface area (Å²) in [6, 6.07) is 7.06. The summed E-state index contributed by atoms with van der Waals surface area (Å²) in [6.07, 6.45) is 0.140. The number of carbonyl (C=O) groups is 1. The van der Waals surface area contributed by atoms with Crippen LogP contribution in [0.4, 0.5) is 0 Å². The maximum Gasteiger partial charge on any atom is 0.306 e. The first-order chi connectivity index (χ1) is 7.69. The van der Waals surface area contributed by atoms with Gasteiger partial charge >= 0.3 is 5.97 Å². The van der Waals surface area contributed by atoms with Gasteiger partial charge in [0.15, 0.2) is 0 Å². The Morgan fingerprint density at radius 3 is 2.62 bits per heavy atom. The molecule has 1 unspecified atom stereocenters. The minimum absolute atomic E-state index is 0.140. The van der Waals surface area contributed by atoms with Crippen LogP contribution >= 0.6 is 0 Å². The summed E-state index contributed by atoms with van der Waals surface area (Å²) in [6.45, 7) is 0. The van der Waals surface area contributed by atoms with Gasteiger partial charge in [0, 0.05) is 5.75 Å². The minimum Gasteiger partial charge on any atom is -0.495 e. The van der Waals surface area contributed by atoms with E-state index < -0.39 is 10.8 Å². The predicted molar refractivity (Wildman–Crippen MR) is 60.9 cm³/mol. The minimum atomic E-state index is -1.24. The number of para-hydroxylation sites is 1. The molecule has 0 saturated heterocycles. The lowest BCUT2D eigenvalue weighted by Gasteiger charge is -2.07. The zero-order chi connectivity index (χ0) is 12.0. The summed E-state index contributed by atoms with van der Waals surface area (Å²) in [5.74, 6) is 0.460. The molecule has 0 heterocycles. The van der Waals surface area contributed by atoms with Crippen molar-refractivity contribution in [1.29, 1.82) is 0 Å². The van der Waals surface area contributed by atoms with Gasteiger partial charge in [0.2, 0.25) is 0 Å². The van der Waals surface area contributed by atoms with Gasteiger partial charge in [-0.2, -0.15) is 0 Å². The van der Waals surface area contributed by atoms with E-state index in [9.17, 15) is 9.00 Å². The van der Waals surface area contributed by atoms with E-state index in [4.69, 9.17) is 4.74 Å². The molecule has 0 saturated carbocycles. The topological polar surface area (TPSA) is 52.6 Å². The Morgan fingerprint density at radius 2 is 2.00 bits per heavy atom. The molecule has 0 aliphatic heterocycles. The Morgan fingerprint density at radius 1 is 1.31 bits per heavy atom. The van der Waals surface area contributed by atoms with E-state index in [1.807, 2.05) is 0 Å². The number of hydrogen-bond donors (Lipinski definition) is 0. The molecule has 4 nitrogen and oxygen atoms in total. The molecule has 0 aromatic heterocycles. The highest BCUT2D eigenvalue weighted by Gasteiger charge is 2.11. The quantitative estimate of drug-likeness (QED) is 0.732. The highest BCUT2D eigenvalue weighted by Crippen LogP contribution is 2.21. The van der Waals surface area contributed by atoms with Gasteiger partial charge in [-0.1, -0.05) is 12.1 Å². The molecule has 0 aliphatic carbocycles. The number of rotatable bonds is 5. The summed E-state index contributed by atoms with van der Waals surface area (Å²) in [5, 5.41) is 0. The highest BCUT2D eigenvalue weighted by atomic mass is 32.2. The average molecular weight is 242 g/mol. The fraction of sp³-hybridized carbons (Fsp3) is 0.364. The fourth-order valence-electron chi connectivity index (χ4n) is 1.19. The standard InChI is InChI=1S/C11H14O4S/c1-14-9-5-3-4-6-10(9)16(13)8-7-11(12)15-2/h3-6H,7-8H2,1-2H3. The zero-order valence-corrected chi connectivity index (χ0v) is 10.1. The van der Waals surface area contributed by atoms with Crippen molar-refractivity contribution in [2.75, 3.05) is 20.0 Å². The summed E-state index contributed by atoms with van der Waals surface area (Å²) in [4.78, 5) is 11.5. The van der Waals surface area contributed by atoms with E-state index in [-0.39, 0.29) is 18.1 Å². The number of benzene rings is 1. The number of esters is 1. The normalized spacial score (nSPS) is 11.9. The van der Waals surface area contributed by atoms with Crippen LogP contribution in [0.3, 0.4) is 0 Å². The second-order valence-electron chi connectivity index (χ2n) is 3.03. The molecule has 0 spiro atoms. The summed E-state index contributed by atoms with van der Waals surface area (Å²) in [7, 11) is 1.60. The van der Waals surface area contributed by atoms with Gasteiger partial charge in [0.1, 0.15) is 5.75 Å². The Balaban J connectivity index is 2.69. The molecular formula is C11H14O4S. The van der Waals surface area contributed by atoms with E-state index in [1.165, 1.54) is 14.2 Å². The highest BCUT2D eigenvalue weighted by molar-refractivity contribution is 7.85. The largest absolute Gasteiger partial charge is 0.495 e. The van der Waals surface area contributed by atoms with Crippen molar-refractivity contribution in [3.63, 3.8) is 0 Å². The van der Waals surface area contributed by atoms with Crippen LogP contribution in [-0.4, -0.2) is 30.2 Å². The van der Waals surface area contributed by atoms with Crippen molar-refractivity contribution < 1.29 is 18.5 Å². The van der Waals surface area contributed by atoms with Gasteiger partial charge in [-0.25, -0.2) is 0 Å². The van der Waals surface area contributed by atoms with Crippen LogP contribution in [0.1, 0.15) is 6.42 Å². The third-order valence-corrected chi connectivity index (χ3v) is 3.44. The van der Waals surface area contributed by atoms with E-state index in [0.717, 1.165) is 0 Å². The van der Waals surface area contributed by atoms with Crippen molar-refractivity contribution in [2.45, 2.75) is 11.3 Å². The SMILES string of the molecule is COC(=O)CCS(=O)c1ccccc1OC. The lowest BCUT2D eigenvalue weighted by molar-refractivity contribution is -0.140. The second kappa shape index (κ2) is 6.27. The van der Waals surface area contributed by atoms with Crippen LogP contribution in [-0.2, 0) is 20.3 Å². The first-order valence-corrected chi connectivity index (χ1v) is 6.09. The maximum absolute atomic E-state index is 11.9. The van der Waals surface area contributed by atoms with Crippen molar-refractivity contribution >= 4 is 16.8 Å². The second-order valence-corrected chi connectivity index (χ2v) is 4.57. The van der Waals surface area contributed by atoms with Gasteiger partial charge in [0.25, 0.3) is 0 Å². The zero-order valence-electron chi connectivity index (χ0n) is 9.26. The lowest BCUT2D eigenvalue weighted by Crippen LogP contribution is -2.08. The molecule has 1 aromatic rings. The average Bonchev–Trinajstić information content (AvgIpc) is 2.35. The van der Waals surface area contributed by atoms with E-state index >= 15 is 0 Å². The first kappa shape index (κ1) is 12.7. The molecule has 5 heteroatoms. The molecule has 0 fully saturated rings. The molecule has 0 radical (unpaired) electrons. The van der Waals surface area contributed by atoms with Crippen molar-refractivity contribution in [1.82, 2.24) is 0 Å². The molecule has 0 amide bonds. The van der Waals surface area contributed by atoms with Crippen LogP contribution in [0.15, 0.2) is 29.2 Å². The predicted octanol–water partition coefficient (Wildman–Crippen LogP) is 1.37. The Hall–Kier alpha value is -1.36. The van der Waals surface area contributed by atoms with Crippen molar-refractivity contribution in [3.05, 3.63) is 24.3 Å². The van der Waals surface area contributed by atoms with E-state index in [1.54, 1.807) is 24.3 Å². The van der Waals surface area contributed by atoms with Crippen LogP contribution in [0, 0.1) is 0 Å². The van der Waals surface area contributed by atoms with Crippen LogP contribution in [0.2, 0.25) is 0 Å². The molecule has 1 rings (SSSR count).